The van der Waals surface area contributed by atoms with Gasteiger partial charge < -0.3 is 9.47 Å². The second-order valence-corrected chi connectivity index (χ2v) is 7.65. The van der Waals surface area contributed by atoms with Crippen LogP contribution in [0.2, 0.25) is 0 Å². The number of hydrogen-bond acceptors (Lipinski definition) is 6. The molecule has 0 heterocycles. The summed E-state index contributed by atoms with van der Waals surface area (Å²) in [6.07, 6.45) is -0.902. The molecule has 25 heavy (non-hydrogen) atoms. The van der Waals surface area contributed by atoms with Gasteiger partial charge in [0.1, 0.15) is 0 Å². The van der Waals surface area contributed by atoms with Crippen molar-refractivity contribution >= 4 is 20.1 Å². The quantitative estimate of drug-likeness (QED) is 0.219. The molecule has 1 atom stereocenters. The zero-order chi connectivity index (χ0) is 20.3. The molecule has 16 heteroatoms. The van der Waals surface area contributed by atoms with E-state index in [0.29, 0.717) is 0 Å². The highest BCUT2D eigenvalue weighted by Crippen LogP contribution is 2.50. The Kier molecular flexibility index (Phi) is 7.70. The maximum atomic E-state index is 13.4. The Hall–Kier alpha value is -0.680. The van der Waals surface area contributed by atoms with Crippen molar-refractivity contribution in [2.75, 3.05) is 19.8 Å². The predicted molar refractivity (Wildman–Crippen MR) is 70.4 cm³/mol. The van der Waals surface area contributed by atoms with Crippen LogP contribution in [0.4, 0.5) is 26.3 Å². The molecule has 0 rings (SSSR count). The number of rotatable bonds is 11. The second kappa shape index (κ2) is 7.91. The molecule has 0 fully saturated rings. The van der Waals surface area contributed by atoms with Gasteiger partial charge in [-0.1, -0.05) is 0 Å². The first kappa shape index (κ1) is 24.3. The molecule has 0 aliphatic rings. The Balaban J connectivity index is 5.28. The van der Waals surface area contributed by atoms with E-state index >= 15 is 0 Å². The van der Waals surface area contributed by atoms with E-state index in [9.17, 15) is 43.2 Å². The fourth-order valence-corrected chi connectivity index (χ4v) is 2.79. The Labute approximate surface area is 139 Å². The third kappa shape index (κ3) is 4.94. The van der Waals surface area contributed by atoms with Crippen LogP contribution in [0.15, 0.2) is 0 Å². The van der Waals surface area contributed by atoms with Gasteiger partial charge in [0.15, 0.2) is 6.29 Å². The summed E-state index contributed by atoms with van der Waals surface area (Å²) in [5, 5.41) is -13.3. The topological polar surface area (TPSA) is 119 Å². The molecule has 0 aromatic carbocycles. The lowest BCUT2D eigenvalue weighted by Crippen LogP contribution is -2.62. The van der Waals surface area contributed by atoms with Gasteiger partial charge in [0.25, 0.3) is 10.0 Å². The van der Waals surface area contributed by atoms with Crippen molar-refractivity contribution < 1.29 is 57.2 Å². The van der Waals surface area contributed by atoms with Gasteiger partial charge in [0.05, 0.1) is 6.61 Å². The molecule has 0 aliphatic heterocycles. The Morgan fingerprint density at radius 1 is 1.00 bits per heavy atom. The van der Waals surface area contributed by atoms with Crippen LogP contribution in [-0.2, 0) is 29.6 Å². The van der Waals surface area contributed by atoms with Crippen LogP contribution < -0.4 is 4.72 Å². The van der Waals surface area contributed by atoms with Gasteiger partial charge in [-0.05, 0) is 13.8 Å². The van der Waals surface area contributed by atoms with Gasteiger partial charge in [0.2, 0.25) is 0 Å². The molecule has 152 valence electrons. The van der Waals surface area contributed by atoms with Crippen molar-refractivity contribution in [3.63, 3.8) is 0 Å². The Bertz CT molecular complexity index is 651. The Morgan fingerprint density at radius 3 is 1.88 bits per heavy atom. The van der Waals surface area contributed by atoms with Crippen molar-refractivity contribution in [2.45, 2.75) is 36.6 Å². The number of hydrogen-bond donors (Lipinski definition) is 2. The summed E-state index contributed by atoms with van der Waals surface area (Å²) in [5.74, 6) is -6.97. The maximum absolute atomic E-state index is 13.4. The van der Waals surface area contributed by atoms with Crippen molar-refractivity contribution in [3.05, 3.63) is 0 Å². The van der Waals surface area contributed by atoms with E-state index in [1.807, 2.05) is 0 Å². The van der Waals surface area contributed by atoms with Gasteiger partial charge in [-0.15, -0.1) is 0 Å². The normalized spacial score (nSPS) is 16.0. The summed E-state index contributed by atoms with van der Waals surface area (Å²) in [5.41, 5.74) is 0. The van der Waals surface area contributed by atoms with E-state index in [4.69, 9.17) is 14.0 Å². The molecule has 8 nitrogen and oxygen atoms in total. The number of halogens is 6. The fourth-order valence-electron chi connectivity index (χ4n) is 1.27. The Morgan fingerprint density at radius 2 is 1.48 bits per heavy atom. The SMILES string of the molecule is CCOC(C)OCCNS(=O)(=O)C(F)(F)C(F)(F)C(F)(F)S(=O)(=O)O. The predicted octanol–water partition coefficient (Wildman–Crippen LogP) is 1.01. The smallest absolute Gasteiger partial charge is 0.353 e. The van der Waals surface area contributed by atoms with Crippen LogP contribution in [0.3, 0.4) is 0 Å². The van der Waals surface area contributed by atoms with E-state index < -0.39 is 56.0 Å². The molecular weight excluding hydrogens is 412 g/mol. The van der Waals surface area contributed by atoms with E-state index in [2.05, 4.69) is 0 Å². The van der Waals surface area contributed by atoms with Crippen LogP contribution in [-0.4, -0.2) is 63.9 Å². The minimum atomic E-state index is -7.04. The van der Waals surface area contributed by atoms with Crippen LogP contribution in [0.5, 0.6) is 0 Å². The zero-order valence-corrected chi connectivity index (χ0v) is 14.3. The van der Waals surface area contributed by atoms with E-state index in [-0.39, 0.29) is 6.61 Å². The van der Waals surface area contributed by atoms with Crippen molar-refractivity contribution in [1.82, 2.24) is 4.72 Å². The van der Waals surface area contributed by atoms with Crippen molar-refractivity contribution in [2.24, 2.45) is 0 Å². The van der Waals surface area contributed by atoms with E-state index in [0.717, 1.165) is 4.72 Å². The summed E-state index contributed by atoms with van der Waals surface area (Å²) >= 11 is 0. The van der Waals surface area contributed by atoms with Crippen molar-refractivity contribution in [3.8, 4) is 0 Å². The van der Waals surface area contributed by atoms with Crippen LogP contribution in [0.25, 0.3) is 0 Å². The highest BCUT2D eigenvalue weighted by molar-refractivity contribution is 7.90. The molecule has 0 saturated heterocycles. The molecule has 0 amide bonds. The molecular formula is C9H15F6NO7S2. The molecule has 0 radical (unpaired) electrons. The standard InChI is InChI=1S/C9H15F6NO7S2/c1-3-22-6(2)23-5-4-16-24(17,18)8(12,13)7(10,11)9(14,15)25(19,20)21/h6,16H,3-5H2,1-2H3,(H,19,20,21). The third-order valence-corrected chi connectivity index (χ3v) is 4.96. The highest BCUT2D eigenvalue weighted by Gasteiger charge is 2.82. The molecule has 1 unspecified atom stereocenters. The number of alkyl halides is 6. The molecule has 0 saturated carbocycles. The molecule has 2 N–H and O–H groups in total. The lowest BCUT2D eigenvalue weighted by Gasteiger charge is -2.30. The summed E-state index contributed by atoms with van der Waals surface area (Å²) in [6, 6.07) is 0. The fraction of sp³-hybridized carbons (Fsp3) is 1.00. The maximum Gasteiger partial charge on any atom is 0.439 e. The molecule has 0 aromatic heterocycles. The summed E-state index contributed by atoms with van der Waals surface area (Å²) in [4.78, 5) is 0. The summed E-state index contributed by atoms with van der Waals surface area (Å²) < 4.78 is 140. The minimum Gasteiger partial charge on any atom is -0.353 e. The average molecular weight is 427 g/mol. The van der Waals surface area contributed by atoms with E-state index in [1.165, 1.54) is 6.92 Å². The molecule has 0 aromatic rings. The molecule has 0 spiro atoms. The first-order valence-electron chi connectivity index (χ1n) is 6.28. The summed E-state index contributed by atoms with van der Waals surface area (Å²) in [6.45, 7) is 1.40. The van der Waals surface area contributed by atoms with Crippen LogP contribution in [0, 0.1) is 0 Å². The number of sulfonamides is 1. The number of nitrogens with one attached hydrogen (secondary N) is 1. The first-order chi connectivity index (χ1) is 11.0. The van der Waals surface area contributed by atoms with Gasteiger partial charge >= 0.3 is 26.5 Å². The average Bonchev–Trinajstić information content (AvgIpc) is 2.42. The monoisotopic (exact) mass is 427 g/mol. The second-order valence-electron chi connectivity index (χ2n) is 4.37. The molecule has 0 bridgehead atoms. The first-order valence-corrected chi connectivity index (χ1v) is 9.21. The lowest BCUT2D eigenvalue weighted by atomic mass is 10.3. The van der Waals surface area contributed by atoms with Gasteiger partial charge in [0, 0.05) is 13.2 Å². The third-order valence-electron chi connectivity index (χ3n) is 2.54. The largest absolute Gasteiger partial charge is 0.439 e. The van der Waals surface area contributed by atoms with Crippen LogP contribution >= 0.6 is 0 Å². The zero-order valence-electron chi connectivity index (χ0n) is 12.7. The minimum absolute atomic E-state index is 0.182. The van der Waals surface area contributed by atoms with Crippen LogP contribution in [0.1, 0.15) is 13.8 Å². The number of ether oxygens (including phenoxy) is 2. The van der Waals surface area contributed by atoms with Crippen molar-refractivity contribution in [1.29, 1.82) is 0 Å². The lowest BCUT2D eigenvalue weighted by molar-refractivity contribution is -0.246. The van der Waals surface area contributed by atoms with E-state index in [1.54, 1.807) is 6.92 Å². The molecule has 0 aliphatic carbocycles. The van der Waals surface area contributed by atoms with Gasteiger partial charge in [-0.3, -0.25) is 4.55 Å². The highest BCUT2D eigenvalue weighted by atomic mass is 32.2. The summed E-state index contributed by atoms with van der Waals surface area (Å²) in [7, 11) is -13.5. The van der Waals surface area contributed by atoms with Gasteiger partial charge in [-0.25, -0.2) is 13.1 Å². The van der Waals surface area contributed by atoms with Gasteiger partial charge in [-0.2, -0.15) is 34.8 Å².